The largest absolute Gasteiger partial charge is 0.497 e. The number of pyridine rings is 1. The molecule has 1 saturated carbocycles. The molecule has 2 aliphatic rings. The predicted octanol–water partition coefficient (Wildman–Crippen LogP) is 5.12. The van der Waals surface area contributed by atoms with Gasteiger partial charge in [0.15, 0.2) is 0 Å². The van der Waals surface area contributed by atoms with Crippen molar-refractivity contribution in [2.24, 2.45) is 5.41 Å². The standard InChI is InChI=1S/C27H40N2O3S/c1-20-18-28-24-8-7-21(32-2)17-23(24)26(20)25(31)9-10-27(19-30)11-13-29(14-12-27)15-16-33-22-5-3-4-6-22/h7-8,17-18,22,25,30-31H,3-6,9-16,19H2,1-2H3. The van der Waals surface area contributed by atoms with E-state index in [0.29, 0.717) is 6.42 Å². The molecule has 2 aromatic rings. The summed E-state index contributed by atoms with van der Waals surface area (Å²) in [5.74, 6) is 2.00. The van der Waals surface area contributed by atoms with Crippen LogP contribution in [0.25, 0.3) is 10.9 Å². The van der Waals surface area contributed by atoms with Crippen LogP contribution in [0.1, 0.15) is 68.6 Å². The summed E-state index contributed by atoms with van der Waals surface area (Å²) >= 11 is 2.16. The minimum atomic E-state index is -0.577. The average Bonchev–Trinajstić information content (AvgIpc) is 3.36. The molecule has 0 bridgehead atoms. The molecule has 5 nitrogen and oxygen atoms in total. The minimum Gasteiger partial charge on any atom is -0.497 e. The van der Waals surface area contributed by atoms with Gasteiger partial charge in [0.05, 0.1) is 18.7 Å². The molecular formula is C27H40N2O3S. The lowest BCUT2D eigenvalue weighted by Crippen LogP contribution is -2.43. The Kier molecular flexibility index (Phi) is 8.55. The summed E-state index contributed by atoms with van der Waals surface area (Å²) in [6.07, 6.45) is 10.4. The van der Waals surface area contributed by atoms with Gasteiger partial charge in [-0.15, -0.1) is 0 Å². The van der Waals surface area contributed by atoms with Crippen LogP contribution < -0.4 is 4.74 Å². The number of likely N-dealkylation sites (tertiary alicyclic amines) is 1. The van der Waals surface area contributed by atoms with Crippen molar-refractivity contribution in [2.75, 3.05) is 39.1 Å². The zero-order chi connectivity index (χ0) is 23.3. The van der Waals surface area contributed by atoms with Crippen molar-refractivity contribution in [1.29, 1.82) is 0 Å². The fourth-order valence-electron chi connectivity index (χ4n) is 5.59. The molecule has 6 heteroatoms. The summed E-state index contributed by atoms with van der Waals surface area (Å²) < 4.78 is 5.40. The van der Waals surface area contributed by atoms with Gasteiger partial charge in [0.2, 0.25) is 0 Å². The Hall–Kier alpha value is -1.34. The van der Waals surface area contributed by atoms with Crippen molar-refractivity contribution >= 4 is 22.7 Å². The monoisotopic (exact) mass is 472 g/mol. The first kappa shape index (κ1) is 24.8. The first-order valence-corrected chi connectivity index (χ1v) is 13.6. The highest BCUT2D eigenvalue weighted by atomic mass is 32.2. The van der Waals surface area contributed by atoms with E-state index in [1.54, 1.807) is 7.11 Å². The number of aliphatic hydroxyl groups is 2. The number of aryl methyl sites for hydroxylation is 1. The summed E-state index contributed by atoms with van der Waals surface area (Å²) in [7, 11) is 1.66. The lowest BCUT2D eigenvalue weighted by atomic mass is 9.74. The van der Waals surface area contributed by atoms with Crippen molar-refractivity contribution in [2.45, 2.75) is 69.6 Å². The number of aromatic nitrogens is 1. The lowest BCUT2D eigenvalue weighted by molar-refractivity contribution is 0.0254. The van der Waals surface area contributed by atoms with Crippen molar-refractivity contribution in [3.8, 4) is 5.75 Å². The molecule has 182 valence electrons. The van der Waals surface area contributed by atoms with Gasteiger partial charge in [-0.25, -0.2) is 0 Å². The van der Waals surface area contributed by atoms with E-state index < -0.39 is 6.10 Å². The van der Waals surface area contributed by atoms with Crippen LogP contribution in [0.4, 0.5) is 0 Å². The minimum absolute atomic E-state index is 0.0789. The Bertz CT molecular complexity index is 908. The fraction of sp³-hybridized carbons (Fsp3) is 0.667. The van der Waals surface area contributed by atoms with E-state index in [0.717, 1.165) is 71.9 Å². The van der Waals surface area contributed by atoms with Crippen molar-refractivity contribution in [1.82, 2.24) is 9.88 Å². The quantitative estimate of drug-likeness (QED) is 0.501. The average molecular weight is 473 g/mol. The van der Waals surface area contributed by atoms with Crippen LogP contribution in [0.5, 0.6) is 5.75 Å². The zero-order valence-electron chi connectivity index (χ0n) is 20.3. The van der Waals surface area contributed by atoms with E-state index in [2.05, 4.69) is 21.6 Å². The van der Waals surface area contributed by atoms with E-state index in [9.17, 15) is 10.2 Å². The Morgan fingerprint density at radius 3 is 2.70 bits per heavy atom. The summed E-state index contributed by atoms with van der Waals surface area (Å²) in [6.45, 7) is 5.48. The van der Waals surface area contributed by atoms with Crippen LogP contribution in [-0.4, -0.2) is 64.5 Å². The molecule has 1 aromatic heterocycles. The Morgan fingerprint density at radius 2 is 2.00 bits per heavy atom. The molecule has 0 radical (unpaired) electrons. The second-order valence-electron chi connectivity index (χ2n) is 10.1. The number of thioether (sulfide) groups is 1. The predicted molar refractivity (Wildman–Crippen MR) is 137 cm³/mol. The van der Waals surface area contributed by atoms with Crippen molar-refractivity contribution in [3.63, 3.8) is 0 Å². The molecule has 1 aromatic carbocycles. The first-order valence-electron chi connectivity index (χ1n) is 12.6. The topological polar surface area (TPSA) is 65.8 Å². The fourth-order valence-corrected chi connectivity index (χ4v) is 6.95. The number of nitrogens with zero attached hydrogens (tertiary/aromatic N) is 2. The summed E-state index contributed by atoms with van der Waals surface area (Å²) in [6, 6.07) is 5.82. The number of ether oxygens (including phenoxy) is 1. The SMILES string of the molecule is COc1ccc2ncc(C)c(C(O)CCC3(CO)CCN(CCSC4CCCC4)CC3)c2c1. The van der Waals surface area contributed by atoms with Crippen molar-refractivity contribution < 1.29 is 14.9 Å². The van der Waals surface area contributed by atoms with Gasteiger partial charge >= 0.3 is 0 Å². The maximum absolute atomic E-state index is 11.2. The number of rotatable bonds is 10. The van der Waals surface area contributed by atoms with Gasteiger partial charge in [-0.1, -0.05) is 12.8 Å². The number of hydrogen-bond acceptors (Lipinski definition) is 6. The Morgan fingerprint density at radius 1 is 1.24 bits per heavy atom. The van der Waals surface area contributed by atoms with E-state index in [1.165, 1.54) is 31.4 Å². The van der Waals surface area contributed by atoms with Gasteiger partial charge in [-0.3, -0.25) is 4.98 Å². The molecule has 2 fully saturated rings. The molecule has 1 aliphatic heterocycles. The zero-order valence-corrected chi connectivity index (χ0v) is 21.1. The van der Waals surface area contributed by atoms with Crippen molar-refractivity contribution in [3.05, 3.63) is 35.5 Å². The number of hydrogen-bond donors (Lipinski definition) is 2. The third kappa shape index (κ3) is 6.02. The van der Waals surface area contributed by atoms with Gasteiger partial charge in [0.1, 0.15) is 5.75 Å². The highest BCUT2D eigenvalue weighted by Crippen LogP contribution is 2.40. The third-order valence-electron chi connectivity index (χ3n) is 7.91. The van der Waals surface area contributed by atoms with Crippen LogP contribution in [0.2, 0.25) is 0 Å². The highest BCUT2D eigenvalue weighted by Gasteiger charge is 2.34. The number of benzene rings is 1. The van der Waals surface area contributed by atoms with Crippen LogP contribution in [0.3, 0.4) is 0 Å². The van der Waals surface area contributed by atoms with Gasteiger partial charge in [0, 0.05) is 35.7 Å². The van der Waals surface area contributed by atoms with Gasteiger partial charge in [0.25, 0.3) is 0 Å². The summed E-state index contributed by atoms with van der Waals surface area (Å²) in [4.78, 5) is 7.09. The first-order chi connectivity index (χ1) is 16.0. The van der Waals surface area contributed by atoms with E-state index in [1.807, 2.05) is 31.3 Å². The van der Waals surface area contributed by atoms with Gasteiger partial charge in [-0.05, 0) is 93.3 Å². The van der Waals surface area contributed by atoms with Gasteiger partial charge < -0.3 is 19.8 Å². The summed E-state index contributed by atoms with van der Waals surface area (Å²) in [5.41, 5.74) is 2.73. The van der Waals surface area contributed by atoms with E-state index in [4.69, 9.17) is 4.74 Å². The number of fused-ring (bicyclic) bond motifs is 1. The molecule has 33 heavy (non-hydrogen) atoms. The maximum atomic E-state index is 11.2. The van der Waals surface area contributed by atoms with E-state index in [-0.39, 0.29) is 12.0 Å². The molecule has 4 rings (SSSR count). The molecule has 1 saturated heterocycles. The second kappa shape index (κ2) is 11.4. The molecule has 1 unspecified atom stereocenters. The second-order valence-corrected chi connectivity index (χ2v) is 11.5. The number of piperidine rings is 1. The molecule has 2 N–H and O–H groups in total. The van der Waals surface area contributed by atoms with Crippen LogP contribution >= 0.6 is 11.8 Å². The third-order valence-corrected chi connectivity index (χ3v) is 9.27. The van der Waals surface area contributed by atoms with Crippen LogP contribution in [0.15, 0.2) is 24.4 Å². The van der Waals surface area contributed by atoms with Gasteiger partial charge in [-0.2, -0.15) is 11.8 Å². The molecule has 1 atom stereocenters. The molecule has 1 aliphatic carbocycles. The number of methoxy groups -OCH3 is 1. The Balaban J connectivity index is 1.33. The van der Waals surface area contributed by atoms with Crippen LogP contribution in [0, 0.1) is 12.3 Å². The molecule has 0 amide bonds. The summed E-state index contributed by atoms with van der Waals surface area (Å²) in [5, 5.41) is 23.3. The lowest BCUT2D eigenvalue weighted by Gasteiger charge is -2.41. The Labute approximate surface area is 202 Å². The van der Waals surface area contributed by atoms with Crippen LogP contribution in [-0.2, 0) is 0 Å². The maximum Gasteiger partial charge on any atom is 0.119 e. The van der Waals surface area contributed by atoms with E-state index >= 15 is 0 Å². The molecule has 2 heterocycles. The number of aliphatic hydroxyl groups excluding tert-OH is 2. The highest BCUT2D eigenvalue weighted by molar-refractivity contribution is 7.99. The smallest absolute Gasteiger partial charge is 0.119 e. The molecule has 0 spiro atoms. The molecular weight excluding hydrogens is 432 g/mol. The normalized spacial score (nSPS) is 20.4.